The molecule has 2 N–H and O–H groups in total. The zero-order chi connectivity index (χ0) is 11.5. The molecule has 0 aliphatic carbocycles. The summed E-state index contributed by atoms with van der Waals surface area (Å²) in [6.45, 7) is -0.186. The summed E-state index contributed by atoms with van der Waals surface area (Å²) in [7, 11) is 0. The minimum absolute atomic E-state index is 0.0256. The molecular weight excluding hydrogens is 210 g/mol. The number of nitrogens with zero attached hydrogens (tertiary/aromatic N) is 2. The van der Waals surface area contributed by atoms with Crippen LogP contribution in [0.2, 0.25) is 0 Å². The molecule has 0 saturated heterocycles. The van der Waals surface area contributed by atoms with E-state index in [1.165, 1.54) is 18.3 Å². The van der Waals surface area contributed by atoms with Crippen molar-refractivity contribution in [1.29, 1.82) is 0 Å². The highest BCUT2D eigenvalue weighted by molar-refractivity contribution is 5.61. The van der Waals surface area contributed by atoms with Crippen LogP contribution in [0.5, 0.6) is 0 Å². The molecule has 16 heavy (non-hydrogen) atoms. The number of rotatable bonds is 3. The van der Waals surface area contributed by atoms with E-state index in [0.29, 0.717) is 17.1 Å². The van der Waals surface area contributed by atoms with Gasteiger partial charge in [0.25, 0.3) is 5.69 Å². The number of hydrogen-bond donors (Lipinski definition) is 2. The first kappa shape index (κ1) is 10.3. The van der Waals surface area contributed by atoms with E-state index in [1.807, 2.05) is 0 Å². The molecule has 82 valence electrons. The minimum atomic E-state index is -0.452. The molecule has 0 amide bonds. The summed E-state index contributed by atoms with van der Waals surface area (Å²) in [6.07, 6.45) is 1.53. The maximum atomic E-state index is 10.6. The average Bonchev–Trinajstić information content (AvgIpc) is 2.77. The van der Waals surface area contributed by atoms with E-state index in [0.717, 1.165) is 0 Å². The zero-order valence-electron chi connectivity index (χ0n) is 8.25. The van der Waals surface area contributed by atoms with Crippen molar-refractivity contribution in [2.75, 3.05) is 0 Å². The predicted molar refractivity (Wildman–Crippen MR) is 56.6 cm³/mol. The lowest BCUT2D eigenvalue weighted by Gasteiger charge is -1.97. The normalized spacial score (nSPS) is 10.3. The fraction of sp³-hybridized carbons (Fsp3) is 0.100. The molecule has 6 heteroatoms. The number of hydrogen-bond acceptors (Lipinski definition) is 4. The first-order chi connectivity index (χ1) is 7.70. The molecule has 0 unspecified atom stereocenters. The van der Waals surface area contributed by atoms with Gasteiger partial charge in [-0.25, -0.2) is 4.98 Å². The fourth-order valence-electron chi connectivity index (χ4n) is 1.38. The van der Waals surface area contributed by atoms with Gasteiger partial charge < -0.3 is 10.1 Å². The Labute approximate surface area is 90.7 Å². The third-order valence-electron chi connectivity index (χ3n) is 2.15. The van der Waals surface area contributed by atoms with Crippen LogP contribution in [-0.2, 0) is 6.61 Å². The van der Waals surface area contributed by atoms with Crippen molar-refractivity contribution in [2.45, 2.75) is 6.61 Å². The first-order valence-electron chi connectivity index (χ1n) is 4.60. The molecular formula is C10H9N3O3. The topological polar surface area (TPSA) is 92.1 Å². The molecule has 0 saturated carbocycles. The van der Waals surface area contributed by atoms with E-state index in [4.69, 9.17) is 5.11 Å². The van der Waals surface area contributed by atoms with E-state index < -0.39 is 4.92 Å². The number of aliphatic hydroxyl groups excluding tert-OH is 1. The number of nitro benzene ring substituents is 1. The maximum absolute atomic E-state index is 10.6. The summed E-state index contributed by atoms with van der Waals surface area (Å²) in [5, 5.41) is 19.4. The number of aromatic nitrogens is 2. The summed E-state index contributed by atoms with van der Waals surface area (Å²) in [6, 6.07) is 6.22. The Morgan fingerprint density at radius 3 is 2.94 bits per heavy atom. The van der Waals surface area contributed by atoms with Crippen LogP contribution >= 0.6 is 0 Å². The number of non-ortho nitro benzene ring substituents is 1. The molecule has 0 aliphatic rings. The molecule has 0 spiro atoms. The van der Waals surface area contributed by atoms with Gasteiger partial charge in [-0.05, 0) is 0 Å². The molecule has 1 aromatic carbocycles. The van der Waals surface area contributed by atoms with E-state index in [1.54, 1.807) is 12.1 Å². The smallest absolute Gasteiger partial charge is 0.270 e. The van der Waals surface area contributed by atoms with Gasteiger partial charge in [0.05, 0.1) is 16.8 Å². The van der Waals surface area contributed by atoms with Gasteiger partial charge in [0.2, 0.25) is 0 Å². The van der Waals surface area contributed by atoms with Crippen LogP contribution in [0, 0.1) is 10.1 Å². The van der Waals surface area contributed by atoms with Crippen LogP contribution in [0.1, 0.15) is 5.82 Å². The standard InChI is InChI=1S/C10H9N3O3/c14-6-10-11-5-9(12-10)7-2-1-3-8(4-7)13(15)16/h1-5,14H,6H2,(H,11,12). The van der Waals surface area contributed by atoms with E-state index >= 15 is 0 Å². The first-order valence-corrected chi connectivity index (χ1v) is 4.60. The highest BCUT2D eigenvalue weighted by atomic mass is 16.6. The second kappa shape index (κ2) is 4.11. The van der Waals surface area contributed by atoms with Crippen LogP contribution in [-0.4, -0.2) is 20.0 Å². The van der Waals surface area contributed by atoms with Crippen molar-refractivity contribution in [3.63, 3.8) is 0 Å². The van der Waals surface area contributed by atoms with Crippen molar-refractivity contribution in [1.82, 2.24) is 9.97 Å². The number of aliphatic hydroxyl groups is 1. The fourth-order valence-corrected chi connectivity index (χ4v) is 1.38. The molecule has 0 radical (unpaired) electrons. The third kappa shape index (κ3) is 1.91. The van der Waals surface area contributed by atoms with E-state index in [9.17, 15) is 10.1 Å². The number of nitro groups is 1. The molecule has 1 aromatic heterocycles. The van der Waals surface area contributed by atoms with Crippen molar-refractivity contribution in [3.8, 4) is 11.3 Å². The molecule has 0 bridgehead atoms. The summed E-state index contributed by atoms with van der Waals surface area (Å²) < 4.78 is 0. The molecule has 0 fully saturated rings. The molecule has 6 nitrogen and oxygen atoms in total. The van der Waals surface area contributed by atoms with E-state index in [-0.39, 0.29) is 12.3 Å². The molecule has 2 aromatic rings. The van der Waals surface area contributed by atoms with Gasteiger partial charge in [0.15, 0.2) is 0 Å². The van der Waals surface area contributed by atoms with Crippen LogP contribution in [0.25, 0.3) is 11.3 Å². The summed E-state index contributed by atoms with van der Waals surface area (Å²) >= 11 is 0. The second-order valence-corrected chi connectivity index (χ2v) is 3.21. The van der Waals surface area contributed by atoms with Crippen molar-refractivity contribution >= 4 is 5.69 Å². The summed E-state index contributed by atoms with van der Waals surface area (Å²) in [5.41, 5.74) is 1.34. The maximum Gasteiger partial charge on any atom is 0.270 e. The SMILES string of the molecule is O=[N+]([O-])c1cccc(-c2cnc(CO)[nH]2)c1. The van der Waals surface area contributed by atoms with Crippen LogP contribution < -0.4 is 0 Å². The van der Waals surface area contributed by atoms with Crippen LogP contribution in [0.3, 0.4) is 0 Å². The highest BCUT2D eigenvalue weighted by Crippen LogP contribution is 2.22. The second-order valence-electron chi connectivity index (χ2n) is 3.21. The quantitative estimate of drug-likeness (QED) is 0.604. The largest absolute Gasteiger partial charge is 0.388 e. The van der Waals surface area contributed by atoms with Gasteiger partial charge in [-0.3, -0.25) is 10.1 Å². The Balaban J connectivity index is 2.40. The van der Waals surface area contributed by atoms with E-state index in [2.05, 4.69) is 9.97 Å². The molecule has 1 heterocycles. The van der Waals surface area contributed by atoms with Crippen molar-refractivity contribution in [2.24, 2.45) is 0 Å². The number of imidazole rings is 1. The minimum Gasteiger partial charge on any atom is -0.388 e. The van der Waals surface area contributed by atoms with Crippen LogP contribution in [0.4, 0.5) is 5.69 Å². The van der Waals surface area contributed by atoms with Crippen molar-refractivity contribution in [3.05, 3.63) is 46.4 Å². The predicted octanol–water partition coefficient (Wildman–Crippen LogP) is 1.48. The van der Waals surface area contributed by atoms with Gasteiger partial charge in [-0.2, -0.15) is 0 Å². The summed E-state index contributed by atoms with van der Waals surface area (Å²) in [4.78, 5) is 16.9. The number of benzene rings is 1. The Kier molecular flexibility index (Phi) is 2.65. The number of H-pyrrole nitrogens is 1. The Morgan fingerprint density at radius 1 is 1.50 bits per heavy atom. The lowest BCUT2D eigenvalue weighted by Crippen LogP contribution is -1.88. The van der Waals surface area contributed by atoms with Gasteiger partial charge in [0.1, 0.15) is 12.4 Å². The average molecular weight is 219 g/mol. The lowest BCUT2D eigenvalue weighted by molar-refractivity contribution is -0.384. The number of nitrogens with one attached hydrogen (secondary N) is 1. The van der Waals surface area contributed by atoms with Crippen molar-refractivity contribution < 1.29 is 10.0 Å². The third-order valence-corrected chi connectivity index (χ3v) is 2.15. The Morgan fingerprint density at radius 2 is 2.31 bits per heavy atom. The van der Waals surface area contributed by atoms with Gasteiger partial charge >= 0.3 is 0 Å². The van der Waals surface area contributed by atoms with Crippen LogP contribution in [0.15, 0.2) is 30.5 Å². The van der Waals surface area contributed by atoms with Gasteiger partial charge in [-0.15, -0.1) is 0 Å². The molecule has 0 atom stereocenters. The molecule has 2 rings (SSSR count). The van der Waals surface area contributed by atoms with Gasteiger partial charge in [-0.1, -0.05) is 12.1 Å². The summed E-state index contributed by atoms with van der Waals surface area (Å²) in [5.74, 6) is 0.432. The monoisotopic (exact) mass is 219 g/mol. The van der Waals surface area contributed by atoms with Gasteiger partial charge in [0, 0.05) is 17.7 Å². The Bertz CT molecular complexity index is 522. The Hall–Kier alpha value is -2.21. The number of aromatic amines is 1. The zero-order valence-corrected chi connectivity index (χ0v) is 8.25. The highest BCUT2D eigenvalue weighted by Gasteiger charge is 2.08. The lowest BCUT2D eigenvalue weighted by atomic mass is 10.1. The molecule has 0 aliphatic heterocycles.